The molecule has 0 aromatic heterocycles. The molecule has 1 aromatic carbocycles. The second-order valence-electron chi connectivity index (χ2n) is 4.34. The van der Waals surface area contributed by atoms with Crippen LogP contribution < -0.4 is 0 Å². The number of benzene rings is 1. The highest BCUT2D eigenvalue weighted by molar-refractivity contribution is 6.30. The smallest absolute Gasteiger partial charge is 0.222 e. The summed E-state index contributed by atoms with van der Waals surface area (Å²) in [6.45, 7) is 4.13. The maximum absolute atomic E-state index is 11.9. The first-order valence-electron chi connectivity index (χ1n) is 6.07. The van der Waals surface area contributed by atoms with E-state index in [0.717, 1.165) is 23.4 Å². The normalized spacial score (nSPS) is 12.2. The Morgan fingerprint density at radius 3 is 2.47 bits per heavy atom. The SMILES string of the molecule is CCCCC(=O)N(C)C(C)c1ccc(Cl)cc1. The number of unbranched alkanes of at least 4 members (excludes halogenated alkanes) is 1. The maximum atomic E-state index is 11.9. The predicted molar refractivity (Wildman–Crippen MR) is 72.2 cm³/mol. The molecule has 1 atom stereocenters. The van der Waals surface area contributed by atoms with E-state index in [1.807, 2.05) is 38.2 Å². The molecule has 0 radical (unpaired) electrons. The van der Waals surface area contributed by atoms with Gasteiger partial charge < -0.3 is 4.90 Å². The first kappa shape index (κ1) is 14.0. The molecule has 1 aromatic rings. The zero-order chi connectivity index (χ0) is 12.8. The molecule has 1 rings (SSSR count). The van der Waals surface area contributed by atoms with Gasteiger partial charge in [0.2, 0.25) is 5.91 Å². The summed E-state index contributed by atoms with van der Waals surface area (Å²) in [5.74, 6) is 0.203. The van der Waals surface area contributed by atoms with Gasteiger partial charge in [-0.3, -0.25) is 4.79 Å². The van der Waals surface area contributed by atoms with Crippen LogP contribution in [0.15, 0.2) is 24.3 Å². The predicted octanol–water partition coefficient (Wildman–Crippen LogP) is 4.05. The summed E-state index contributed by atoms with van der Waals surface area (Å²) in [5.41, 5.74) is 1.11. The molecule has 1 unspecified atom stereocenters. The van der Waals surface area contributed by atoms with Crippen LogP contribution in [0.5, 0.6) is 0 Å². The second kappa shape index (κ2) is 6.65. The molecule has 0 N–H and O–H groups in total. The lowest BCUT2D eigenvalue weighted by Gasteiger charge is -2.25. The van der Waals surface area contributed by atoms with Gasteiger partial charge in [0, 0.05) is 18.5 Å². The van der Waals surface area contributed by atoms with Crippen LogP contribution >= 0.6 is 11.6 Å². The molecule has 0 bridgehead atoms. The average molecular weight is 254 g/mol. The number of hydrogen-bond acceptors (Lipinski definition) is 1. The van der Waals surface area contributed by atoms with Crippen molar-refractivity contribution in [3.63, 3.8) is 0 Å². The van der Waals surface area contributed by atoms with Crippen molar-refractivity contribution in [2.45, 2.75) is 39.2 Å². The van der Waals surface area contributed by atoms with Crippen molar-refractivity contribution in [1.29, 1.82) is 0 Å². The molecule has 0 saturated heterocycles. The summed E-state index contributed by atoms with van der Waals surface area (Å²) < 4.78 is 0. The van der Waals surface area contributed by atoms with Gasteiger partial charge in [0.15, 0.2) is 0 Å². The molecule has 3 heteroatoms. The number of rotatable bonds is 5. The van der Waals surface area contributed by atoms with Gasteiger partial charge in [-0.2, -0.15) is 0 Å². The Kier molecular flexibility index (Phi) is 5.49. The van der Waals surface area contributed by atoms with E-state index in [2.05, 4.69) is 6.92 Å². The van der Waals surface area contributed by atoms with Gasteiger partial charge in [0.05, 0.1) is 6.04 Å². The van der Waals surface area contributed by atoms with E-state index in [4.69, 9.17) is 11.6 Å². The van der Waals surface area contributed by atoms with Gasteiger partial charge in [-0.1, -0.05) is 37.1 Å². The first-order valence-corrected chi connectivity index (χ1v) is 6.45. The molecule has 2 nitrogen and oxygen atoms in total. The van der Waals surface area contributed by atoms with Gasteiger partial charge in [-0.05, 0) is 31.0 Å². The molecule has 0 aliphatic heterocycles. The molecule has 17 heavy (non-hydrogen) atoms. The molecular formula is C14H20ClNO. The van der Waals surface area contributed by atoms with Gasteiger partial charge in [-0.25, -0.2) is 0 Å². The van der Waals surface area contributed by atoms with Crippen molar-refractivity contribution in [3.05, 3.63) is 34.9 Å². The molecule has 0 fully saturated rings. The number of amides is 1. The van der Waals surface area contributed by atoms with E-state index in [9.17, 15) is 4.79 Å². The van der Waals surface area contributed by atoms with E-state index in [-0.39, 0.29) is 11.9 Å². The molecule has 0 aliphatic carbocycles. The minimum Gasteiger partial charge on any atom is -0.339 e. The van der Waals surface area contributed by atoms with Crippen LogP contribution in [0.3, 0.4) is 0 Å². The molecule has 0 saturated carbocycles. The van der Waals surface area contributed by atoms with E-state index in [1.165, 1.54) is 0 Å². The van der Waals surface area contributed by atoms with Crippen molar-refractivity contribution in [3.8, 4) is 0 Å². The third kappa shape index (κ3) is 4.04. The highest BCUT2D eigenvalue weighted by Crippen LogP contribution is 2.21. The number of hydrogen-bond donors (Lipinski definition) is 0. The van der Waals surface area contributed by atoms with Gasteiger partial charge in [-0.15, -0.1) is 0 Å². The number of carbonyl (C=O) groups excluding carboxylic acids is 1. The fourth-order valence-corrected chi connectivity index (χ4v) is 1.81. The quantitative estimate of drug-likeness (QED) is 0.775. The number of carbonyl (C=O) groups is 1. The van der Waals surface area contributed by atoms with Crippen LogP contribution in [0.1, 0.15) is 44.7 Å². The van der Waals surface area contributed by atoms with Gasteiger partial charge >= 0.3 is 0 Å². The lowest BCUT2D eigenvalue weighted by molar-refractivity contribution is -0.131. The molecule has 0 heterocycles. The lowest BCUT2D eigenvalue weighted by atomic mass is 10.1. The number of nitrogens with zero attached hydrogens (tertiary/aromatic N) is 1. The van der Waals surface area contributed by atoms with Crippen LogP contribution in [0.25, 0.3) is 0 Å². The summed E-state index contributed by atoms with van der Waals surface area (Å²) in [6, 6.07) is 7.75. The fraction of sp³-hybridized carbons (Fsp3) is 0.500. The summed E-state index contributed by atoms with van der Waals surface area (Å²) in [6.07, 6.45) is 2.64. The highest BCUT2D eigenvalue weighted by Gasteiger charge is 2.16. The summed E-state index contributed by atoms with van der Waals surface area (Å²) >= 11 is 5.85. The van der Waals surface area contributed by atoms with Crippen molar-refractivity contribution in [1.82, 2.24) is 4.90 Å². The van der Waals surface area contributed by atoms with E-state index >= 15 is 0 Å². The minimum atomic E-state index is 0.0941. The third-order valence-electron chi connectivity index (χ3n) is 3.07. The van der Waals surface area contributed by atoms with Crippen molar-refractivity contribution in [2.75, 3.05) is 7.05 Å². The standard InChI is InChI=1S/C14H20ClNO/c1-4-5-6-14(17)16(3)11(2)12-7-9-13(15)10-8-12/h7-11H,4-6H2,1-3H3. The number of halogens is 1. The Labute approximate surface area is 109 Å². The van der Waals surface area contributed by atoms with E-state index in [1.54, 1.807) is 4.90 Å². The summed E-state index contributed by atoms with van der Waals surface area (Å²) in [7, 11) is 1.86. The average Bonchev–Trinajstić information content (AvgIpc) is 2.35. The Balaban J connectivity index is 2.65. The summed E-state index contributed by atoms with van der Waals surface area (Å²) in [4.78, 5) is 13.7. The topological polar surface area (TPSA) is 20.3 Å². The first-order chi connectivity index (χ1) is 8.06. The lowest BCUT2D eigenvalue weighted by Crippen LogP contribution is -2.29. The van der Waals surface area contributed by atoms with Crippen LogP contribution in [0.4, 0.5) is 0 Å². The van der Waals surface area contributed by atoms with Crippen LogP contribution in [0.2, 0.25) is 5.02 Å². The Bertz CT molecular complexity index is 361. The zero-order valence-electron chi connectivity index (χ0n) is 10.7. The Morgan fingerprint density at radius 1 is 1.35 bits per heavy atom. The van der Waals surface area contributed by atoms with E-state index in [0.29, 0.717) is 6.42 Å². The van der Waals surface area contributed by atoms with Gasteiger partial charge in [0.25, 0.3) is 0 Å². The molecule has 0 aliphatic rings. The van der Waals surface area contributed by atoms with Crippen LogP contribution in [-0.4, -0.2) is 17.9 Å². The Morgan fingerprint density at radius 2 is 1.94 bits per heavy atom. The maximum Gasteiger partial charge on any atom is 0.222 e. The minimum absolute atomic E-state index is 0.0941. The third-order valence-corrected chi connectivity index (χ3v) is 3.32. The molecular weight excluding hydrogens is 234 g/mol. The van der Waals surface area contributed by atoms with Crippen LogP contribution in [-0.2, 0) is 4.79 Å². The largest absolute Gasteiger partial charge is 0.339 e. The molecule has 94 valence electrons. The zero-order valence-corrected chi connectivity index (χ0v) is 11.5. The van der Waals surface area contributed by atoms with E-state index < -0.39 is 0 Å². The molecule has 0 spiro atoms. The van der Waals surface area contributed by atoms with Crippen molar-refractivity contribution in [2.24, 2.45) is 0 Å². The van der Waals surface area contributed by atoms with Crippen molar-refractivity contribution >= 4 is 17.5 Å². The fourth-order valence-electron chi connectivity index (χ4n) is 1.69. The second-order valence-corrected chi connectivity index (χ2v) is 4.77. The van der Waals surface area contributed by atoms with Crippen molar-refractivity contribution < 1.29 is 4.79 Å². The van der Waals surface area contributed by atoms with Gasteiger partial charge in [0.1, 0.15) is 0 Å². The van der Waals surface area contributed by atoms with Crippen LogP contribution in [0, 0.1) is 0 Å². The molecule has 1 amide bonds. The highest BCUT2D eigenvalue weighted by atomic mass is 35.5. The Hall–Kier alpha value is -1.02. The summed E-state index contributed by atoms with van der Waals surface area (Å²) in [5, 5.41) is 0.723. The monoisotopic (exact) mass is 253 g/mol.